The molecule has 0 atom stereocenters. The van der Waals surface area contributed by atoms with Crippen LogP contribution in [0.4, 0.5) is 0 Å². The Morgan fingerprint density at radius 2 is 2.23 bits per heavy atom. The summed E-state index contributed by atoms with van der Waals surface area (Å²) in [6.07, 6.45) is 1.66. The Hall–Kier alpha value is -1.16. The molecule has 0 bridgehead atoms. The first-order valence-electron chi connectivity index (χ1n) is 7.11. The molecule has 0 radical (unpaired) electrons. The van der Waals surface area contributed by atoms with Crippen LogP contribution >= 0.6 is 35.3 Å². The number of hydrogen-bond donors (Lipinski definition) is 2. The summed E-state index contributed by atoms with van der Waals surface area (Å²) in [6.45, 7) is 6.20. The van der Waals surface area contributed by atoms with Gasteiger partial charge >= 0.3 is 0 Å². The lowest BCUT2D eigenvalue weighted by Gasteiger charge is -2.10. The smallest absolute Gasteiger partial charge is 0.228 e. The molecule has 0 saturated heterocycles. The summed E-state index contributed by atoms with van der Waals surface area (Å²) >= 11 is 1.77. The molecule has 22 heavy (non-hydrogen) atoms. The topological polar surface area (TPSA) is 75.3 Å². The van der Waals surface area contributed by atoms with Crippen molar-refractivity contribution in [3.8, 4) is 0 Å². The van der Waals surface area contributed by atoms with Crippen molar-refractivity contribution in [2.75, 3.05) is 19.6 Å². The van der Waals surface area contributed by atoms with Gasteiger partial charge in [-0.05, 0) is 25.3 Å². The standard InChI is InChI=1S/C14H21N5OS.HI/c1-3-15-14(16-8-6-12-5-4-10-21-12)17-9-7-13-18-11(2)19-20-13;/h4-5,10H,3,6-9H2,1-2H3,(H2,15,16,17);1H. The van der Waals surface area contributed by atoms with Crippen molar-refractivity contribution in [3.63, 3.8) is 0 Å². The maximum Gasteiger partial charge on any atom is 0.228 e. The molecule has 0 amide bonds. The Morgan fingerprint density at radius 3 is 2.86 bits per heavy atom. The highest BCUT2D eigenvalue weighted by Gasteiger charge is 2.03. The molecular formula is C14H22IN5OS. The van der Waals surface area contributed by atoms with E-state index in [4.69, 9.17) is 4.52 Å². The van der Waals surface area contributed by atoms with E-state index < -0.39 is 0 Å². The van der Waals surface area contributed by atoms with Crippen LogP contribution in [-0.4, -0.2) is 35.7 Å². The minimum absolute atomic E-state index is 0. The lowest BCUT2D eigenvalue weighted by molar-refractivity contribution is 0.374. The van der Waals surface area contributed by atoms with Gasteiger partial charge in [0.25, 0.3) is 0 Å². The SMILES string of the molecule is CCNC(=NCCc1cccs1)NCCc1nc(C)no1.I. The van der Waals surface area contributed by atoms with Gasteiger partial charge in [-0.3, -0.25) is 4.99 Å². The molecular weight excluding hydrogens is 413 g/mol. The molecule has 0 spiro atoms. The predicted molar refractivity (Wildman–Crippen MR) is 100 cm³/mol. The van der Waals surface area contributed by atoms with Crippen LogP contribution in [0.1, 0.15) is 23.5 Å². The zero-order chi connectivity index (χ0) is 14.9. The van der Waals surface area contributed by atoms with Crippen LogP contribution in [0.5, 0.6) is 0 Å². The van der Waals surface area contributed by atoms with Gasteiger partial charge in [0.15, 0.2) is 11.8 Å². The molecule has 0 aliphatic heterocycles. The van der Waals surface area contributed by atoms with Crippen molar-refractivity contribution in [1.29, 1.82) is 0 Å². The third-order valence-corrected chi connectivity index (χ3v) is 3.69. The van der Waals surface area contributed by atoms with E-state index in [2.05, 4.69) is 50.2 Å². The van der Waals surface area contributed by atoms with E-state index in [1.165, 1.54) is 4.88 Å². The highest BCUT2D eigenvalue weighted by Crippen LogP contribution is 2.08. The van der Waals surface area contributed by atoms with Gasteiger partial charge in [0, 0.05) is 37.4 Å². The number of thiophene rings is 1. The van der Waals surface area contributed by atoms with Crippen molar-refractivity contribution in [1.82, 2.24) is 20.8 Å². The first-order valence-corrected chi connectivity index (χ1v) is 7.99. The third-order valence-electron chi connectivity index (χ3n) is 2.75. The Bertz CT molecular complexity index is 555. The molecule has 122 valence electrons. The summed E-state index contributed by atoms with van der Waals surface area (Å²) in [7, 11) is 0. The Morgan fingerprint density at radius 1 is 1.36 bits per heavy atom. The van der Waals surface area contributed by atoms with Gasteiger partial charge in [-0.1, -0.05) is 11.2 Å². The first-order chi connectivity index (χ1) is 10.3. The summed E-state index contributed by atoms with van der Waals surface area (Å²) in [6, 6.07) is 4.21. The lowest BCUT2D eigenvalue weighted by atomic mass is 10.3. The molecule has 8 heteroatoms. The fourth-order valence-corrected chi connectivity index (χ4v) is 2.50. The molecule has 0 fully saturated rings. The summed E-state index contributed by atoms with van der Waals surface area (Å²) < 4.78 is 5.08. The number of rotatable bonds is 7. The van der Waals surface area contributed by atoms with Gasteiger partial charge in [0.05, 0.1) is 0 Å². The van der Waals surface area contributed by atoms with E-state index in [1.807, 2.05) is 6.92 Å². The summed E-state index contributed by atoms with van der Waals surface area (Å²) in [4.78, 5) is 10.1. The van der Waals surface area contributed by atoms with Gasteiger partial charge in [0.2, 0.25) is 5.89 Å². The summed E-state index contributed by atoms with van der Waals surface area (Å²) in [5, 5.41) is 12.4. The van der Waals surface area contributed by atoms with E-state index in [1.54, 1.807) is 11.3 Å². The minimum Gasteiger partial charge on any atom is -0.357 e. The largest absolute Gasteiger partial charge is 0.357 e. The molecule has 2 aromatic heterocycles. The van der Waals surface area contributed by atoms with Crippen LogP contribution in [0.3, 0.4) is 0 Å². The normalized spacial score (nSPS) is 11.1. The fourth-order valence-electron chi connectivity index (χ4n) is 1.80. The molecule has 2 rings (SSSR count). The fraction of sp³-hybridized carbons (Fsp3) is 0.500. The van der Waals surface area contributed by atoms with Crippen molar-refractivity contribution in [3.05, 3.63) is 34.1 Å². The van der Waals surface area contributed by atoms with Gasteiger partial charge in [-0.25, -0.2) is 0 Å². The van der Waals surface area contributed by atoms with E-state index in [9.17, 15) is 0 Å². The molecule has 2 heterocycles. The third kappa shape index (κ3) is 6.73. The number of aryl methyl sites for hydroxylation is 1. The van der Waals surface area contributed by atoms with E-state index in [0.717, 1.165) is 25.5 Å². The van der Waals surface area contributed by atoms with Crippen LogP contribution in [-0.2, 0) is 12.8 Å². The number of hydrogen-bond acceptors (Lipinski definition) is 5. The first kappa shape index (κ1) is 18.9. The van der Waals surface area contributed by atoms with Crippen molar-refractivity contribution >= 4 is 41.3 Å². The maximum absolute atomic E-state index is 5.08. The second kappa shape index (κ2) is 10.5. The Kier molecular flexibility index (Phi) is 9.05. The van der Waals surface area contributed by atoms with Crippen LogP contribution in [0.2, 0.25) is 0 Å². The highest BCUT2D eigenvalue weighted by atomic mass is 127. The number of guanidine groups is 1. The summed E-state index contributed by atoms with van der Waals surface area (Å²) in [5.74, 6) is 2.14. The number of aromatic nitrogens is 2. The molecule has 0 aliphatic rings. The molecule has 2 aromatic rings. The number of aliphatic imine (C=N–C) groups is 1. The molecule has 6 nitrogen and oxygen atoms in total. The van der Waals surface area contributed by atoms with Crippen molar-refractivity contribution in [2.45, 2.75) is 26.7 Å². The van der Waals surface area contributed by atoms with Crippen LogP contribution in [0.25, 0.3) is 0 Å². The summed E-state index contributed by atoms with van der Waals surface area (Å²) in [5.41, 5.74) is 0. The van der Waals surface area contributed by atoms with Crippen molar-refractivity contribution < 1.29 is 4.52 Å². The van der Waals surface area contributed by atoms with Gasteiger partial charge in [0.1, 0.15) is 0 Å². The van der Waals surface area contributed by atoms with Crippen LogP contribution in [0.15, 0.2) is 27.0 Å². The van der Waals surface area contributed by atoms with Gasteiger partial charge in [-0.2, -0.15) is 4.98 Å². The highest BCUT2D eigenvalue weighted by molar-refractivity contribution is 14.0. The van der Waals surface area contributed by atoms with Gasteiger partial charge < -0.3 is 15.2 Å². The quantitative estimate of drug-likeness (QED) is 0.397. The second-order valence-corrected chi connectivity index (χ2v) is 5.53. The average Bonchev–Trinajstić information content (AvgIpc) is 3.11. The maximum atomic E-state index is 5.08. The van der Waals surface area contributed by atoms with E-state index >= 15 is 0 Å². The lowest BCUT2D eigenvalue weighted by Crippen LogP contribution is -2.38. The molecule has 2 N–H and O–H groups in total. The predicted octanol–water partition coefficient (Wildman–Crippen LogP) is 2.40. The molecule has 0 unspecified atom stereocenters. The average molecular weight is 435 g/mol. The van der Waals surface area contributed by atoms with E-state index in [0.29, 0.717) is 24.7 Å². The number of halogens is 1. The molecule has 0 aromatic carbocycles. The van der Waals surface area contributed by atoms with Crippen LogP contribution in [0, 0.1) is 6.92 Å². The molecule has 0 aliphatic carbocycles. The Balaban J connectivity index is 0.00000242. The van der Waals surface area contributed by atoms with Crippen molar-refractivity contribution in [2.24, 2.45) is 4.99 Å². The minimum atomic E-state index is 0. The Labute approximate surface area is 151 Å². The monoisotopic (exact) mass is 435 g/mol. The van der Waals surface area contributed by atoms with Crippen LogP contribution < -0.4 is 10.6 Å². The zero-order valence-electron chi connectivity index (χ0n) is 12.8. The molecule has 0 saturated carbocycles. The second-order valence-electron chi connectivity index (χ2n) is 4.50. The van der Waals surface area contributed by atoms with E-state index in [-0.39, 0.29) is 24.0 Å². The zero-order valence-corrected chi connectivity index (χ0v) is 16.0. The number of nitrogens with zero attached hydrogens (tertiary/aromatic N) is 3. The van der Waals surface area contributed by atoms with Gasteiger partial charge in [-0.15, -0.1) is 35.3 Å². The number of nitrogens with one attached hydrogen (secondary N) is 2.